The third-order valence-electron chi connectivity index (χ3n) is 7.93. The smallest absolute Gasteiger partial charge is 0.219 e. The SMILES string of the molecule is CCC1=NN(C2CCCC2)C2=CC(c3ccnn3C3CCN(C(C)=O)CC3)=CCC21C. The number of hydrazone groups is 1. The molecule has 1 saturated heterocycles. The summed E-state index contributed by atoms with van der Waals surface area (Å²) in [5.41, 5.74) is 5.21. The minimum absolute atomic E-state index is 0.0263. The van der Waals surface area contributed by atoms with Gasteiger partial charge in [-0.15, -0.1) is 0 Å². The lowest BCUT2D eigenvalue weighted by molar-refractivity contribution is -0.130. The van der Waals surface area contributed by atoms with Crippen molar-refractivity contribution < 1.29 is 4.79 Å². The van der Waals surface area contributed by atoms with E-state index in [9.17, 15) is 4.79 Å². The highest BCUT2D eigenvalue weighted by Crippen LogP contribution is 2.49. The van der Waals surface area contributed by atoms with Gasteiger partial charge in [0.2, 0.25) is 5.91 Å². The third-order valence-corrected chi connectivity index (χ3v) is 7.93. The van der Waals surface area contributed by atoms with Gasteiger partial charge in [0.15, 0.2) is 0 Å². The molecule has 5 rings (SSSR count). The van der Waals surface area contributed by atoms with Crippen molar-refractivity contribution in [3.8, 4) is 0 Å². The molecule has 4 aliphatic rings. The number of piperidine rings is 1. The van der Waals surface area contributed by atoms with Crippen LogP contribution >= 0.6 is 0 Å². The summed E-state index contributed by atoms with van der Waals surface area (Å²) >= 11 is 0. The molecule has 0 bridgehead atoms. The molecule has 0 radical (unpaired) electrons. The minimum atomic E-state index is 0.0263. The van der Waals surface area contributed by atoms with Gasteiger partial charge in [0.25, 0.3) is 0 Å². The average Bonchev–Trinajstić information content (AvgIpc) is 3.52. The second-order valence-corrected chi connectivity index (χ2v) is 9.81. The maximum absolute atomic E-state index is 11.7. The number of amides is 1. The van der Waals surface area contributed by atoms with Crippen LogP contribution in [0.1, 0.15) is 83.9 Å². The van der Waals surface area contributed by atoms with Crippen molar-refractivity contribution in [2.45, 2.75) is 84.2 Å². The van der Waals surface area contributed by atoms with E-state index in [2.05, 4.69) is 41.8 Å². The number of fused-ring (bicyclic) bond motifs is 1. The van der Waals surface area contributed by atoms with Crippen LogP contribution in [0.4, 0.5) is 0 Å². The molecular weight excluding hydrogens is 386 g/mol. The van der Waals surface area contributed by atoms with Gasteiger partial charge < -0.3 is 4.90 Å². The highest BCUT2D eigenvalue weighted by Gasteiger charge is 2.46. The number of likely N-dealkylation sites (tertiary alicyclic amines) is 1. The standard InChI is InChI=1S/C25H35N5O/c1-4-23-25(3)13-9-19(17-24(25)30(27-23)20-7-5-6-8-20)22-10-14-26-29(22)21-11-15-28(16-12-21)18(2)31/h9-10,14,17,20-21H,4-8,11-13,15-16H2,1-3H3. The van der Waals surface area contributed by atoms with Crippen LogP contribution in [0, 0.1) is 5.41 Å². The van der Waals surface area contributed by atoms with Crippen LogP contribution in [0.2, 0.25) is 0 Å². The maximum atomic E-state index is 11.7. The first-order chi connectivity index (χ1) is 15.0. The number of aromatic nitrogens is 2. The van der Waals surface area contributed by atoms with E-state index in [1.807, 2.05) is 11.1 Å². The van der Waals surface area contributed by atoms with Crippen molar-refractivity contribution in [3.63, 3.8) is 0 Å². The predicted molar refractivity (Wildman–Crippen MR) is 123 cm³/mol. The van der Waals surface area contributed by atoms with Crippen molar-refractivity contribution >= 4 is 17.2 Å². The number of hydrogen-bond donors (Lipinski definition) is 0. The van der Waals surface area contributed by atoms with Crippen molar-refractivity contribution in [2.24, 2.45) is 10.5 Å². The molecule has 6 nitrogen and oxygen atoms in total. The summed E-state index contributed by atoms with van der Waals surface area (Å²) in [7, 11) is 0. The van der Waals surface area contributed by atoms with Gasteiger partial charge in [0.1, 0.15) is 0 Å². The number of carbonyl (C=O) groups excluding carboxylic acids is 1. The van der Waals surface area contributed by atoms with Crippen molar-refractivity contribution in [3.05, 3.63) is 35.8 Å². The highest BCUT2D eigenvalue weighted by atomic mass is 16.2. The number of carbonyl (C=O) groups is 1. The summed E-state index contributed by atoms with van der Waals surface area (Å²) in [5, 5.41) is 12.2. The first-order valence-electron chi connectivity index (χ1n) is 12.1. The predicted octanol–water partition coefficient (Wildman–Crippen LogP) is 4.77. The highest BCUT2D eigenvalue weighted by molar-refractivity contribution is 5.96. The Labute approximate surface area is 185 Å². The fourth-order valence-electron chi connectivity index (χ4n) is 5.99. The van der Waals surface area contributed by atoms with Gasteiger partial charge in [-0.1, -0.05) is 25.8 Å². The third kappa shape index (κ3) is 3.44. The van der Waals surface area contributed by atoms with Gasteiger partial charge in [-0.2, -0.15) is 10.2 Å². The molecule has 0 spiro atoms. The fourth-order valence-corrected chi connectivity index (χ4v) is 5.99. The average molecular weight is 422 g/mol. The summed E-state index contributed by atoms with van der Waals surface area (Å²) in [5.74, 6) is 0.179. The molecule has 1 atom stereocenters. The molecule has 1 unspecified atom stereocenters. The van der Waals surface area contributed by atoms with Gasteiger partial charge in [0, 0.05) is 31.9 Å². The molecule has 1 aromatic heterocycles. The Hall–Kier alpha value is -2.37. The topological polar surface area (TPSA) is 53.7 Å². The Balaban J connectivity index is 1.43. The molecule has 2 aliphatic heterocycles. The number of hydrogen-bond acceptors (Lipinski definition) is 4. The quantitative estimate of drug-likeness (QED) is 0.704. The van der Waals surface area contributed by atoms with Crippen LogP contribution < -0.4 is 0 Å². The molecule has 166 valence electrons. The zero-order valence-electron chi connectivity index (χ0n) is 19.2. The molecule has 0 N–H and O–H groups in total. The van der Waals surface area contributed by atoms with E-state index in [4.69, 9.17) is 10.2 Å². The van der Waals surface area contributed by atoms with E-state index < -0.39 is 0 Å². The molecule has 3 heterocycles. The first kappa shape index (κ1) is 20.5. The van der Waals surface area contributed by atoms with E-state index in [0.29, 0.717) is 12.1 Å². The summed E-state index contributed by atoms with van der Waals surface area (Å²) in [4.78, 5) is 13.7. The van der Waals surface area contributed by atoms with Crippen LogP contribution in [0.5, 0.6) is 0 Å². The lowest BCUT2D eigenvalue weighted by atomic mass is 9.74. The Morgan fingerprint density at radius 3 is 2.58 bits per heavy atom. The first-order valence-corrected chi connectivity index (χ1v) is 12.1. The largest absolute Gasteiger partial charge is 0.343 e. The Morgan fingerprint density at radius 1 is 1.16 bits per heavy atom. The van der Waals surface area contributed by atoms with Crippen molar-refractivity contribution in [1.29, 1.82) is 0 Å². The van der Waals surface area contributed by atoms with E-state index >= 15 is 0 Å². The van der Waals surface area contributed by atoms with Crippen LogP contribution in [0.15, 0.2) is 35.2 Å². The lowest BCUT2D eigenvalue weighted by Gasteiger charge is -2.35. The van der Waals surface area contributed by atoms with Crippen LogP contribution in [0.3, 0.4) is 0 Å². The number of allylic oxidation sites excluding steroid dienone is 4. The van der Waals surface area contributed by atoms with Gasteiger partial charge in [-0.05, 0) is 63.2 Å². The summed E-state index contributed by atoms with van der Waals surface area (Å²) in [6.45, 7) is 7.92. The Morgan fingerprint density at radius 2 is 1.90 bits per heavy atom. The minimum Gasteiger partial charge on any atom is -0.343 e. The van der Waals surface area contributed by atoms with E-state index in [1.165, 1.54) is 48.4 Å². The fraction of sp³-hybridized carbons (Fsp3) is 0.640. The van der Waals surface area contributed by atoms with E-state index in [0.717, 1.165) is 38.8 Å². The van der Waals surface area contributed by atoms with Crippen LogP contribution in [-0.2, 0) is 4.79 Å². The van der Waals surface area contributed by atoms with Crippen molar-refractivity contribution in [1.82, 2.24) is 19.7 Å². The molecule has 31 heavy (non-hydrogen) atoms. The zero-order valence-corrected chi connectivity index (χ0v) is 19.2. The summed E-state index contributed by atoms with van der Waals surface area (Å²) in [6.07, 6.45) is 15.8. The van der Waals surface area contributed by atoms with Gasteiger partial charge in [-0.3, -0.25) is 14.5 Å². The van der Waals surface area contributed by atoms with Gasteiger partial charge >= 0.3 is 0 Å². The molecule has 1 aromatic rings. The van der Waals surface area contributed by atoms with Gasteiger partial charge in [-0.25, -0.2) is 0 Å². The summed E-state index contributed by atoms with van der Waals surface area (Å²) < 4.78 is 2.21. The molecule has 2 aliphatic carbocycles. The molecule has 2 fully saturated rings. The molecule has 1 amide bonds. The number of nitrogens with zero attached hydrogens (tertiary/aromatic N) is 5. The molecule has 1 saturated carbocycles. The zero-order chi connectivity index (χ0) is 21.6. The Kier molecular flexibility index (Phi) is 5.27. The number of rotatable bonds is 4. The summed E-state index contributed by atoms with van der Waals surface area (Å²) in [6, 6.07) is 3.05. The van der Waals surface area contributed by atoms with Gasteiger partial charge in [0.05, 0.1) is 28.9 Å². The molecule has 6 heteroatoms. The van der Waals surface area contributed by atoms with E-state index in [1.54, 1.807) is 6.92 Å². The normalized spacial score (nSPS) is 27.3. The second-order valence-electron chi connectivity index (χ2n) is 9.81. The second kappa shape index (κ2) is 7.95. The van der Waals surface area contributed by atoms with Crippen molar-refractivity contribution in [2.75, 3.05) is 13.1 Å². The van der Waals surface area contributed by atoms with Crippen LogP contribution in [-0.4, -0.2) is 50.4 Å². The monoisotopic (exact) mass is 421 g/mol. The molecular formula is C25H35N5O. The molecule has 0 aromatic carbocycles. The maximum Gasteiger partial charge on any atom is 0.219 e. The van der Waals surface area contributed by atoms with Crippen LogP contribution in [0.25, 0.3) is 5.57 Å². The Bertz CT molecular complexity index is 943. The lowest BCUT2D eigenvalue weighted by Crippen LogP contribution is -2.38. The van der Waals surface area contributed by atoms with E-state index in [-0.39, 0.29) is 11.3 Å².